The number of carbonyl (C=O) groups is 3. The standard InChI is InChI=1S/C11H13F2NO.C4F6O2/c1-11(2,3)10(15)14-9-5-4-7(12)6-8(9)13;5-3(6,7)1(11)2(12)4(8,9)10/h4-6H,1-3H3,(H,14,15);. The Morgan fingerprint density at radius 2 is 1.22 bits per heavy atom. The van der Waals surface area contributed by atoms with Gasteiger partial charge in [0, 0.05) is 11.5 Å². The molecule has 0 aliphatic carbocycles. The molecule has 0 atom stereocenters. The summed E-state index contributed by atoms with van der Waals surface area (Å²) in [4.78, 5) is 30.7. The van der Waals surface area contributed by atoms with Gasteiger partial charge in [-0.2, -0.15) is 26.3 Å². The van der Waals surface area contributed by atoms with Gasteiger partial charge in [-0.15, -0.1) is 0 Å². The lowest BCUT2D eigenvalue weighted by molar-refractivity contribution is -0.193. The van der Waals surface area contributed by atoms with Crippen LogP contribution in [0.25, 0.3) is 0 Å². The van der Waals surface area contributed by atoms with Gasteiger partial charge in [0.05, 0.1) is 5.69 Å². The zero-order valence-electron chi connectivity index (χ0n) is 14.0. The first-order valence-electron chi connectivity index (χ1n) is 6.86. The Morgan fingerprint density at radius 1 is 0.815 bits per heavy atom. The quantitative estimate of drug-likeness (QED) is 0.591. The lowest BCUT2D eigenvalue weighted by Gasteiger charge is -2.17. The number of benzene rings is 1. The molecule has 0 bridgehead atoms. The highest BCUT2D eigenvalue weighted by molar-refractivity contribution is 6.41. The van der Waals surface area contributed by atoms with Crippen LogP contribution < -0.4 is 5.32 Å². The number of ketones is 2. The summed E-state index contributed by atoms with van der Waals surface area (Å²) < 4.78 is 92.7. The Hall–Kier alpha value is -2.53. The van der Waals surface area contributed by atoms with Gasteiger partial charge in [-0.3, -0.25) is 14.4 Å². The van der Waals surface area contributed by atoms with Crippen molar-refractivity contribution in [1.82, 2.24) is 0 Å². The third kappa shape index (κ3) is 8.13. The first-order valence-corrected chi connectivity index (χ1v) is 6.86. The summed E-state index contributed by atoms with van der Waals surface area (Å²) in [7, 11) is 0. The monoisotopic (exact) mass is 407 g/mol. The average molecular weight is 407 g/mol. The number of alkyl halides is 6. The van der Waals surface area contributed by atoms with Crippen LogP contribution in [0.15, 0.2) is 18.2 Å². The molecule has 0 saturated carbocycles. The number of hydrogen-bond donors (Lipinski definition) is 1. The van der Waals surface area contributed by atoms with Crippen LogP contribution in [0.4, 0.5) is 40.8 Å². The van der Waals surface area contributed by atoms with Crippen molar-refractivity contribution < 1.29 is 49.5 Å². The summed E-state index contributed by atoms with van der Waals surface area (Å²) in [5.74, 6) is -8.56. The van der Waals surface area contributed by atoms with E-state index in [9.17, 15) is 49.5 Å². The van der Waals surface area contributed by atoms with Gasteiger partial charge in [-0.25, -0.2) is 8.78 Å². The maximum absolute atomic E-state index is 13.1. The molecule has 4 nitrogen and oxygen atoms in total. The smallest absolute Gasteiger partial charge is 0.323 e. The summed E-state index contributed by atoms with van der Waals surface area (Å²) in [6.07, 6.45) is -11.5. The van der Waals surface area contributed by atoms with Crippen molar-refractivity contribution in [2.24, 2.45) is 5.41 Å². The van der Waals surface area contributed by atoms with Gasteiger partial charge in [0.15, 0.2) is 0 Å². The van der Waals surface area contributed by atoms with Gasteiger partial charge < -0.3 is 5.32 Å². The van der Waals surface area contributed by atoms with E-state index in [1.165, 1.54) is 6.07 Å². The van der Waals surface area contributed by atoms with Crippen LogP contribution in [0, 0.1) is 17.0 Å². The van der Waals surface area contributed by atoms with Crippen molar-refractivity contribution in [3.63, 3.8) is 0 Å². The molecule has 12 heteroatoms. The van der Waals surface area contributed by atoms with Crippen LogP contribution in [-0.2, 0) is 14.4 Å². The molecule has 0 fully saturated rings. The van der Waals surface area contributed by atoms with Crippen molar-refractivity contribution in [3.8, 4) is 0 Å². The minimum absolute atomic E-state index is 0.00340. The first-order chi connectivity index (χ1) is 11.9. The molecule has 0 aromatic heterocycles. The number of hydrogen-bond acceptors (Lipinski definition) is 3. The molecule has 0 radical (unpaired) electrons. The number of halogens is 8. The predicted molar refractivity (Wildman–Crippen MR) is 76.6 cm³/mol. The third-order valence-corrected chi connectivity index (χ3v) is 2.58. The zero-order valence-corrected chi connectivity index (χ0v) is 14.0. The summed E-state index contributed by atoms with van der Waals surface area (Å²) >= 11 is 0. The highest BCUT2D eigenvalue weighted by Crippen LogP contribution is 2.24. The largest absolute Gasteiger partial charge is 0.458 e. The Labute approximate surface area is 147 Å². The van der Waals surface area contributed by atoms with E-state index >= 15 is 0 Å². The van der Waals surface area contributed by atoms with Crippen LogP contribution in [-0.4, -0.2) is 29.8 Å². The van der Waals surface area contributed by atoms with E-state index in [4.69, 9.17) is 0 Å². The van der Waals surface area contributed by atoms with Gasteiger partial charge in [0.2, 0.25) is 5.91 Å². The van der Waals surface area contributed by atoms with Gasteiger partial charge in [-0.05, 0) is 12.1 Å². The van der Waals surface area contributed by atoms with Crippen molar-refractivity contribution in [2.45, 2.75) is 33.1 Å². The number of anilines is 1. The maximum atomic E-state index is 13.1. The molecule has 0 spiro atoms. The predicted octanol–water partition coefficient (Wildman–Crippen LogP) is 4.20. The van der Waals surface area contributed by atoms with Gasteiger partial charge in [-0.1, -0.05) is 20.8 Å². The number of nitrogens with one attached hydrogen (secondary N) is 1. The Morgan fingerprint density at radius 3 is 1.52 bits per heavy atom. The van der Waals surface area contributed by atoms with Crippen LogP contribution in [0.2, 0.25) is 0 Å². The molecule has 0 saturated heterocycles. The minimum atomic E-state index is -5.77. The molecule has 152 valence electrons. The van der Waals surface area contributed by atoms with E-state index in [-0.39, 0.29) is 11.6 Å². The lowest BCUT2D eigenvalue weighted by atomic mass is 9.95. The molecule has 1 N–H and O–H groups in total. The number of rotatable bonds is 2. The van der Waals surface area contributed by atoms with Crippen LogP contribution in [0.3, 0.4) is 0 Å². The number of amides is 1. The first kappa shape index (κ1) is 24.5. The molecule has 1 aromatic rings. The maximum Gasteiger partial charge on any atom is 0.458 e. The van der Waals surface area contributed by atoms with E-state index < -0.39 is 41.0 Å². The molecule has 1 rings (SSSR count). The number of carbonyl (C=O) groups excluding carboxylic acids is 3. The summed E-state index contributed by atoms with van der Waals surface area (Å²) in [5.41, 5.74) is -0.614. The van der Waals surface area contributed by atoms with E-state index in [2.05, 4.69) is 5.32 Å². The van der Waals surface area contributed by atoms with Crippen LogP contribution >= 0.6 is 0 Å². The Kier molecular flexibility index (Phi) is 7.65. The molecule has 0 aliphatic rings. The molecule has 27 heavy (non-hydrogen) atoms. The highest BCUT2D eigenvalue weighted by Gasteiger charge is 2.54. The third-order valence-electron chi connectivity index (χ3n) is 2.58. The van der Waals surface area contributed by atoms with Crippen molar-refractivity contribution in [2.75, 3.05) is 5.32 Å². The summed E-state index contributed by atoms with van der Waals surface area (Å²) in [6, 6.07) is 3.04. The van der Waals surface area contributed by atoms with E-state index in [0.717, 1.165) is 12.1 Å². The van der Waals surface area contributed by atoms with Crippen molar-refractivity contribution in [3.05, 3.63) is 29.8 Å². The van der Waals surface area contributed by atoms with Gasteiger partial charge >= 0.3 is 23.9 Å². The van der Waals surface area contributed by atoms with Crippen LogP contribution in [0.1, 0.15) is 20.8 Å². The molecule has 0 heterocycles. The van der Waals surface area contributed by atoms with E-state index in [1.807, 2.05) is 0 Å². The molecule has 0 unspecified atom stereocenters. The SMILES string of the molecule is CC(C)(C)C(=O)Nc1ccc(F)cc1F.O=C(C(=O)C(F)(F)F)C(F)(F)F. The second kappa shape index (κ2) is 8.44. The molecule has 1 amide bonds. The average Bonchev–Trinajstić information content (AvgIpc) is 2.46. The lowest BCUT2D eigenvalue weighted by Crippen LogP contribution is -2.39. The van der Waals surface area contributed by atoms with Crippen LogP contribution in [0.5, 0.6) is 0 Å². The highest BCUT2D eigenvalue weighted by atomic mass is 19.4. The van der Waals surface area contributed by atoms with E-state index in [1.54, 1.807) is 20.8 Å². The fraction of sp³-hybridized carbons (Fsp3) is 0.400. The molecular formula is C15H13F8NO3. The fourth-order valence-corrected chi connectivity index (χ4v) is 1.16. The molecule has 0 aliphatic heterocycles. The van der Waals surface area contributed by atoms with Crippen molar-refractivity contribution in [1.29, 1.82) is 0 Å². The zero-order chi connectivity index (χ0) is 21.8. The second-order valence-corrected chi connectivity index (χ2v) is 5.98. The Bertz CT molecular complexity index is 693. The number of Topliss-reactive ketones (excluding diaryl/α,β-unsaturated/α-hetero) is 2. The minimum Gasteiger partial charge on any atom is -0.323 e. The van der Waals surface area contributed by atoms with Gasteiger partial charge in [0.25, 0.3) is 0 Å². The topological polar surface area (TPSA) is 63.2 Å². The molecular weight excluding hydrogens is 394 g/mol. The fourth-order valence-electron chi connectivity index (χ4n) is 1.16. The summed E-state index contributed by atoms with van der Waals surface area (Å²) in [6.45, 7) is 5.14. The second-order valence-electron chi connectivity index (χ2n) is 5.98. The van der Waals surface area contributed by atoms with E-state index in [0.29, 0.717) is 0 Å². The van der Waals surface area contributed by atoms with Gasteiger partial charge in [0.1, 0.15) is 11.6 Å². The summed E-state index contributed by atoms with van der Waals surface area (Å²) in [5, 5.41) is 2.40. The Balaban J connectivity index is 0.000000516. The molecule has 1 aromatic carbocycles. The normalized spacial score (nSPS) is 12.0. The van der Waals surface area contributed by atoms with Crippen molar-refractivity contribution >= 4 is 23.2 Å².